The molecule has 2 aromatic heterocycles. The zero-order valence-corrected chi connectivity index (χ0v) is 18.1. The van der Waals surface area contributed by atoms with Gasteiger partial charge in [0.15, 0.2) is 22.5 Å². The molecule has 1 aromatic carbocycles. The zero-order valence-electron chi connectivity index (χ0n) is 16.5. The average Bonchev–Trinajstić information content (AvgIpc) is 3.46. The molecule has 9 nitrogen and oxygen atoms in total. The van der Waals surface area contributed by atoms with E-state index in [0.717, 1.165) is 10.6 Å². The lowest BCUT2D eigenvalue weighted by Gasteiger charge is -2.08. The van der Waals surface area contributed by atoms with E-state index in [1.165, 1.54) is 23.1 Å². The van der Waals surface area contributed by atoms with Crippen molar-refractivity contribution in [3.8, 4) is 22.9 Å². The molecule has 1 aliphatic heterocycles. The van der Waals surface area contributed by atoms with Crippen molar-refractivity contribution in [3.05, 3.63) is 35.9 Å². The highest BCUT2D eigenvalue weighted by molar-refractivity contribution is 7.99. The number of allylic oxidation sites excluding steroid dienone is 1. The first-order valence-electron chi connectivity index (χ1n) is 9.25. The highest BCUT2D eigenvalue weighted by Gasteiger charge is 2.19. The molecule has 0 atom stereocenters. The zero-order chi connectivity index (χ0) is 21.1. The molecule has 0 saturated heterocycles. The summed E-state index contributed by atoms with van der Waals surface area (Å²) in [5.41, 5.74) is 0.847. The third-order valence-electron chi connectivity index (χ3n) is 4.17. The number of nitrogens with one attached hydrogen (secondary N) is 1. The fourth-order valence-corrected chi connectivity index (χ4v) is 4.25. The molecule has 1 aliphatic rings. The number of carbonyl (C=O) groups excluding carboxylic acids is 1. The number of aromatic nitrogens is 5. The number of anilines is 1. The highest BCUT2D eigenvalue weighted by atomic mass is 32.2. The topological polar surface area (TPSA) is 104 Å². The number of hydrogen-bond donors (Lipinski definition) is 1. The molecule has 0 saturated carbocycles. The number of carbonyl (C=O) groups is 1. The van der Waals surface area contributed by atoms with Gasteiger partial charge in [-0.05, 0) is 18.2 Å². The van der Waals surface area contributed by atoms with E-state index in [0.29, 0.717) is 34.2 Å². The van der Waals surface area contributed by atoms with Gasteiger partial charge < -0.3 is 9.47 Å². The molecule has 0 spiro atoms. The minimum atomic E-state index is -0.177. The third kappa shape index (κ3) is 4.31. The second-order valence-electron chi connectivity index (χ2n) is 6.71. The number of rotatable bonds is 8. The Labute approximate surface area is 181 Å². The minimum Gasteiger partial charge on any atom is -0.454 e. The molecule has 0 aliphatic carbocycles. The van der Waals surface area contributed by atoms with E-state index in [4.69, 9.17) is 9.47 Å². The van der Waals surface area contributed by atoms with Gasteiger partial charge in [-0.3, -0.25) is 14.7 Å². The van der Waals surface area contributed by atoms with Gasteiger partial charge in [0, 0.05) is 18.0 Å². The number of amides is 1. The normalized spacial score (nSPS) is 12.4. The van der Waals surface area contributed by atoms with Gasteiger partial charge in [0.05, 0.1) is 5.75 Å². The van der Waals surface area contributed by atoms with E-state index in [-0.39, 0.29) is 24.4 Å². The van der Waals surface area contributed by atoms with E-state index < -0.39 is 0 Å². The Kier molecular flexibility index (Phi) is 6.00. The summed E-state index contributed by atoms with van der Waals surface area (Å²) in [6.45, 7) is 8.60. The van der Waals surface area contributed by atoms with E-state index in [9.17, 15) is 4.79 Å². The number of ether oxygens (including phenoxy) is 2. The van der Waals surface area contributed by atoms with Crippen LogP contribution in [0.2, 0.25) is 0 Å². The Morgan fingerprint density at radius 3 is 2.90 bits per heavy atom. The van der Waals surface area contributed by atoms with Crippen LogP contribution in [0.4, 0.5) is 5.13 Å². The van der Waals surface area contributed by atoms with Gasteiger partial charge in [0.25, 0.3) is 0 Å². The SMILES string of the molecule is C=CCn1c(SCC(=O)Nc2nnc(C(C)C)s2)nnc1-c1ccc2c(c1)OCO2. The third-order valence-corrected chi connectivity index (χ3v) is 6.28. The van der Waals surface area contributed by atoms with Crippen LogP contribution in [-0.4, -0.2) is 43.4 Å². The second kappa shape index (κ2) is 8.84. The Morgan fingerprint density at radius 1 is 1.30 bits per heavy atom. The summed E-state index contributed by atoms with van der Waals surface area (Å²) in [5, 5.41) is 21.5. The lowest BCUT2D eigenvalue weighted by molar-refractivity contribution is -0.113. The number of thioether (sulfide) groups is 1. The largest absolute Gasteiger partial charge is 0.454 e. The van der Waals surface area contributed by atoms with Crippen LogP contribution in [-0.2, 0) is 11.3 Å². The lowest BCUT2D eigenvalue weighted by Crippen LogP contribution is -2.14. The maximum absolute atomic E-state index is 12.3. The smallest absolute Gasteiger partial charge is 0.236 e. The first-order chi connectivity index (χ1) is 14.5. The van der Waals surface area contributed by atoms with Gasteiger partial charge in [0.2, 0.25) is 17.8 Å². The van der Waals surface area contributed by atoms with E-state index in [1.54, 1.807) is 6.08 Å². The number of benzene rings is 1. The van der Waals surface area contributed by atoms with Crippen LogP contribution < -0.4 is 14.8 Å². The van der Waals surface area contributed by atoms with Crippen LogP contribution >= 0.6 is 23.1 Å². The van der Waals surface area contributed by atoms with Crippen LogP contribution in [0.1, 0.15) is 24.8 Å². The van der Waals surface area contributed by atoms with Crippen molar-refractivity contribution < 1.29 is 14.3 Å². The molecule has 0 unspecified atom stereocenters. The first-order valence-corrected chi connectivity index (χ1v) is 11.1. The Balaban J connectivity index is 1.46. The molecule has 3 heterocycles. The second-order valence-corrected chi connectivity index (χ2v) is 8.66. The molecule has 1 N–H and O–H groups in total. The summed E-state index contributed by atoms with van der Waals surface area (Å²) in [4.78, 5) is 12.3. The van der Waals surface area contributed by atoms with Crippen LogP contribution in [0.5, 0.6) is 11.5 Å². The van der Waals surface area contributed by atoms with Crippen molar-refractivity contribution in [2.24, 2.45) is 0 Å². The predicted octanol–water partition coefficient (Wildman–Crippen LogP) is 3.57. The first kappa shape index (κ1) is 20.4. The molecule has 156 valence electrons. The van der Waals surface area contributed by atoms with Gasteiger partial charge >= 0.3 is 0 Å². The van der Waals surface area contributed by atoms with Crippen molar-refractivity contribution >= 4 is 34.1 Å². The number of hydrogen-bond acceptors (Lipinski definition) is 9. The maximum atomic E-state index is 12.3. The molecular formula is C19H20N6O3S2. The average molecular weight is 445 g/mol. The van der Waals surface area contributed by atoms with Gasteiger partial charge in [0.1, 0.15) is 5.01 Å². The predicted molar refractivity (Wildman–Crippen MR) is 115 cm³/mol. The molecule has 0 bridgehead atoms. The summed E-state index contributed by atoms with van der Waals surface area (Å²) < 4.78 is 12.7. The van der Waals surface area contributed by atoms with Crippen LogP contribution in [0.25, 0.3) is 11.4 Å². The Bertz CT molecular complexity index is 1080. The summed E-state index contributed by atoms with van der Waals surface area (Å²) in [6, 6.07) is 5.62. The fourth-order valence-electron chi connectivity index (χ4n) is 2.74. The fraction of sp³-hybridized carbons (Fsp3) is 0.316. The molecule has 30 heavy (non-hydrogen) atoms. The molecule has 4 rings (SSSR count). The standard InChI is InChI=1S/C19H20N6O3S2/c1-4-7-25-16(12-5-6-13-14(8-12)28-10-27-13)21-24-19(25)29-9-15(26)20-18-23-22-17(30-18)11(2)3/h4-6,8,11H,1,7,9-10H2,2-3H3,(H,20,23,26). The van der Waals surface area contributed by atoms with Crippen molar-refractivity contribution in [2.45, 2.75) is 31.5 Å². The highest BCUT2D eigenvalue weighted by Crippen LogP contribution is 2.36. The number of nitrogens with zero attached hydrogens (tertiary/aromatic N) is 5. The van der Waals surface area contributed by atoms with E-state index >= 15 is 0 Å². The lowest BCUT2D eigenvalue weighted by atomic mass is 10.2. The maximum Gasteiger partial charge on any atom is 0.236 e. The molecule has 11 heteroatoms. The summed E-state index contributed by atoms with van der Waals surface area (Å²) in [6.07, 6.45) is 1.76. The van der Waals surface area contributed by atoms with E-state index in [2.05, 4.69) is 32.3 Å². The van der Waals surface area contributed by atoms with Crippen molar-refractivity contribution in [1.82, 2.24) is 25.0 Å². The monoisotopic (exact) mass is 444 g/mol. The number of fused-ring (bicyclic) bond motifs is 1. The summed E-state index contributed by atoms with van der Waals surface area (Å²) in [7, 11) is 0. The Hall–Kier alpha value is -2.92. The molecule has 0 fully saturated rings. The molecular weight excluding hydrogens is 424 g/mol. The molecule has 0 radical (unpaired) electrons. The minimum absolute atomic E-state index is 0.174. The van der Waals surface area contributed by atoms with Crippen LogP contribution in [0.3, 0.4) is 0 Å². The molecule has 1 amide bonds. The van der Waals surface area contributed by atoms with E-state index in [1.807, 2.05) is 36.6 Å². The van der Waals surface area contributed by atoms with Crippen molar-refractivity contribution in [1.29, 1.82) is 0 Å². The van der Waals surface area contributed by atoms with Gasteiger partial charge in [-0.1, -0.05) is 43.0 Å². The van der Waals surface area contributed by atoms with Crippen molar-refractivity contribution in [3.63, 3.8) is 0 Å². The van der Waals surface area contributed by atoms with Crippen LogP contribution in [0, 0.1) is 0 Å². The molecule has 3 aromatic rings. The summed E-state index contributed by atoms with van der Waals surface area (Å²) in [5.74, 6) is 2.32. The van der Waals surface area contributed by atoms with Gasteiger partial charge in [-0.15, -0.1) is 27.0 Å². The Morgan fingerprint density at radius 2 is 2.13 bits per heavy atom. The van der Waals surface area contributed by atoms with Crippen molar-refractivity contribution in [2.75, 3.05) is 17.9 Å². The van der Waals surface area contributed by atoms with Gasteiger partial charge in [-0.2, -0.15) is 0 Å². The summed E-state index contributed by atoms with van der Waals surface area (Å²) >= 11 is 2.68. The van der Waals surface area contributed by atoms with Gasteiger partial charge in [-0.25, -0.2) is 0 Å². The quantitative estimate of drug-likeness (QED) is 0.415. The van der Waals surface area contributed by atoms with Crippen LogP contribution in [0.15, 0.2) is 36.0 Å².